The fourth-order valence-corrected chi connectivity index (χ4v) is 3.26. The molecule has 0 unspecified atom stereocenters. The molecule has 0 aliphatic rings. The molecular weight excluding hydrogens is 381 g/mol. The number of nitrogens with one attached hydrogen (secondary N) is 1. The maximum absolute atomic E-state index is 6.29. The lowest BCUT2D eigenvalue weighted by atomic mass is 10.2. The van der Waals surface area contributed by atoms with E-state index in [4.69, 9.17) is 27.9 Å². The van der Waals surface area contributed by atoms with Crippen LogP contribution in [0.5, 0.6) is 5.75 Å². The van der Waals surface area contributed by atoms with Gasteiger partial charge in [0.05, 0.1) is 28.9 Å². The van der Waals surface area contributed by atoms with Crippen molar-refractivity contribution >= 4 is 46.1 Å². The zero-order valence-corrected chi connectivity index (χ0v) is 15.9. The van der Waals surface area contributed by atoms with Gasteiger partial charge in [-0.05, 0) is 54.1 Å². The van der Waals surface area contributed by atoms with Gasteiger partial charge in [-0.15, -0.1) is 0 Å². The molecule has 1 heterocycles. The summed E-state index contributed by atoms with van der Waals surface area (Å²) in [5.41, 5.74) is 4.32. The molecule has 0 amide bonds. The summed E-state index contributed by atoms with van der Waals surface area (Å²) in [4.78, 5) is 12.4. The Labute approximate surface area is 166 Å². The minimum atomic E-state index is 0.554. The fourth-order valence-electron chi connectivity index (χ4n) is 2.76. The van der Waals surface area contributed by atoms with Crippen LogP contribution in [0.25, 0.3) is 22.4 Å². The number of aliphatic imine (C=N–C) groups is 1. The second-order valence-electron chi connectivity index (χ2n) is 5.95. The van der Waals surface area contributed by atoms with Gasteiger partial charge in [0.1, 0.15) is 11.6 Å². The molecule has 27 heavy (non-hydrogen) atoms. The third kappa shape index (κ3) is 3.82. The first-order valence-corrected chi connectivity index (χ1v) is 9.01. The van der Waals surface area contributed by atoms with Crippen LogP contribution in [0.4, 0.5) is 5.69 Å². The minimum absolute atomic E-state index is 0.554. The van der Waals surface area contributed by atoms with Gasteiger partial charge in [-0.2, -0.15) is 0 Å². The largest absolute Gasteiger partial charge is 0.497 e. The van der Waals surface area contributed by atoms with Gasteiger partial charge >= 0.3 is 0 Å². The number of rotatable bonds is 4. The highest BCUT2D eigenvalue weighted by atomic mass is 35.5. The lowest BCUT2D eigenvalue weighted by molar-refractivity contribution is 0.415. The molecule has 0 bridgehead atoms. The van der Waals surface area contributed by atoms with E-state index in [1.54, 1.807) is 25.5 Å². The van der Waals surface area contributed by atoms with Crippen LogP contribution in [0.2, 0.25) is 10.0 Å². The quantitative estimate of drug-likeness (QED) is 0.412. The van der Waals surface area contributed by atoms with Crippen LogP contribution >= 0.6 is 23.2 Å². The number of fused-ring (bicyclic) bond motifs is 1. The van der Waals surface area contributed by atoms with Gasteiger partial charge in [-0.1, -0.05) is 35.3 Å². The van der Waals surface area contributed by atoms with Crippen molar-refractivity contribution in [3.8, 4) is 17.1 Å². The first kappa shape index (κ1) is 17.6. The van der Waals surface area contributed by atoms with Crippen LogP contribution in [0, 0.1) is 0 Å². The van der Waals surface area contributed by atoms with Crippen molar-refractivity contribution in [1.29, 1.82) is 0 Å². The molecule has 0 aliphatic heterocycles. The number of benzene rings is 3. The SMILES string of the molecule is COc1cccc(C=Nc2ccc3nc(-c4ccc(Cl)cc4Cl)[nH]c3c2)c1. The van der Waals surface area contributed by atoms with E-state index in [1.807, 2.05) is 48.5 Å². The monoisotopic (exact) mass is 395 g/mol. The Morgan fingerprint density at radius 2 is 1.93 bits per heavy atom. The Morgan fingerprint density at radius 1 is 1.04 bits per heavy atom. The number of hydrogen-bond acceptors (Lipinski definition) is 3. The van der Waals surface area contributed by atoms with Gasteiger partial charge in [0.15, 0.2) is 0 Å². The molecule has 0 saturated carbocycles. The van der Waals surface area contributed by atoms with Crippen molar-refractivity contribution in [3.05, 3.63) is 76.3 Å². The highest BCUT2D eigenvalue weighted by Gasteiger charge is 2.09. The summed E-state index contributed by atoms with van der Waals surface area (Å²) in [6, 6.07) is 18.9. The number of methoxy groups -OCH3 is 1. The zero-order valence-electron chi connectivity index (χ0n) is 14.4. The van der Waals surface area contributed by atoms with E-state index < -0.39 is 0 Å². The molecule has 1 aromatic heterocycles. The van der Waals surface area contributed by atoms with Crippen LogP contribution in [0.1, 0.15) is 5.56 Å². The van der Waals surface area contributed by atoms with Crippen LogP contribution in [-0.2, 0) is 0 Å². The predicted octanol–water partition coefficient (Wildman–Crippen LogP) is 6.30. The van der Waals surface area contributed by atoms with E-state index in [0.717, 1.165) is 33.6 Å². The molecule has 6 heteroatoms. The number of nitrogens with zero attached hydrogens (tertiary/aromatic N) is 2. The highest BCUT2D eigenvalue weighted by Crippen LogP contribution is 2.30. The van der Waals surface area contributed by atoms with Gasteiger partial charge in [-0.3, -0.25) is 4.99 Å². The first-order valence-electron chi connectivity index (χ1n) is 8.26. The van der Waals surface area contributed by atoms with Crippen LogP contribution in [0.3, 0.4) is 0 Å². The lowest BCUT2D eigenvalue weighted by Crippen LogP contribution is -1.85. The number of hydrogen-bond donors (Lipinski definition) is 1. The summed E-state index contributed by atoms with van der Waals surface area (Å²) in [6.45, 7) is 0. The third-order valence-corrected chi connectivity index (χ3v) is 4.66. The van der Waals surface area contributed by atoms with E-state index >= 15 is 0 Å². The minimum Gasteiger partial charge on any atom is -0.497 e. The number of halogens is 2. The molecule has 4 nitrogen and oxygen atoms in total. The Hall–Kier alpha value is -2.82. The van der Waals surface area contributed by atoms with Crippen molar-refractivity contribution < 1.29 is 4.74 Å². The van der Waals surface area contributed by atoms with E-state index in [2.05, 4.69) is 15.0 Å². The van der Waals surface area contributed by atoms with Crippen molar-refractivity contribution in [2.75, 3.05) is 7.11 Å². The van der Waals surface area contributed by atoms with Crippen molar-refractivity contribution in [2.24, 2.45) is 4.99 Å². The van der Waals surface area contributed by atoms with Gasteiger partial charge in [-0.25, -0.2) is 4.98 Å². The molecular formula is C21H15Cl2N3O. The van der Waals surface area contributed by atoms with Gasteiger partial charge < -0.3 is 9.72 Å². The topological polar surface area (TPSA) is 50.3 Å². The van der Waals surface area contributed by atoms with Crippen LogP contribution in [-0.4, -0.2) is 23.3 Å². The fraction of sp³-hybridized carbons (Fsp3) is 0.0476. The van der Waals surface area contributed by atoms with Crippen LogP contribution in [0.15, 0.2) is 65.7 Å². The highest BCUT2D eigenvalue weighted by molar-refractivity contribution is 6.36. The standard InChI is InChI=1S/C21H15Cl2N3O/c1-27-16-4-2-3-13(9-16)12-24-15-6-8-19-20(11-15)26-21(25-19)17-7-5-14(22)10-18(17)23/h2-12H,1H3,(H,25,26). The normalized spacial score (nSPS) is 11.4. The lowest BCUT2D eigenvalue weighted by Gasteiger charge is -2.00. The van der Waals surface area contributed by atoms with E-state index in [1.165, 1.54) is 0 Å². The number of H-pyrrole nitrogens is 1. The molecule has 0 atom stereocenters. The van der Waals surface area contributed by atoms with E-state index in [-0.39, 0.29) is 0 Å². The Bertz CT molecular complexity index is 1150. The van der Waals surface area contributed by atoms with Gasteiger partial charge in [0.2, 0.25) is 0 Å². The van der Waals surface area contributed by atoms with E-state index in [9.17, 15) is 0 Å². The summed E-state index contributed by atoms with van der Waals surface area (Å²) in [5, 5.41) is 1.15. The van der Waals surface area contributed by atoms with Crippen molar-refractivity contribution in [3.63, 3.8) is 0 Å². The molecule has 0 saturated heterocycles. The summed E-state index contributed by atoms with van der Waals surface area (Å²) >= 11 is 12.3. The molecule has 4 aromatic rings. The molecule has 3 aromatic carbocycles. The molecule has 1 N–H and O–H groups in total. The third-order valence-electron chi connectivity index (χ3n) is 4.11. The molecule has 0 fully saturated rings. The number of aromatic amines is 1. The first-order chi connectivity index (χ1) is 13.1. The number of aromatic nitrogens is 2. The van der Waals surface area contributed by atoms with Gasteiger partial charge in [0, 0.05) is 16.8 Å². The number of ether oxygens (including phenoxy) is 1. The second kappa shape index (κ2) is 7.43. The molecule has 4 rings (SSSR count). The molecule has 134 valence electrons. The van der Waals surface area contributed by atoms with Crippen LogP contribution < -0.4 is 4.74 Å². The Kier molecular flexibility index (Phi) is 4.84. The predicted molar refractivity (Wildman–Crippen MR) is 112 cm³/mol. The summed E-state index contributed by atoms with van der Waals surface area (Å²) in [7, 11) is 1.65. The average molecular weight is 396 g/mol. The van der Waals surface area contributed by atoms with Crippen molar-refractivity contribution in [1.82, 2.24) is 9.97 Å². The second-order valence-corrected chi connectivity index (χ2v) is 6.79. The average Bonchev–Trinajstić information content (AvgIpc) is 3.09. The molecule has 0 aliphatic carbocycles. The Balaban J connectivity index is 1.65. The summed E-state index contributed by atoms with van der Waals surface area (Å²) in [6.07, 6.45) is 1.80. The summed E-state index contributed by atoms with van der Waals surface area (Å²) < 4.78 is 5.23. The summed E-state index contributed by atoms with van der Waals surface area (Å²) in [5.74, 6) is 1.49. The maximum Gasteiger partial charge on any atom is 0.140 e. The smallest absolute Gasteiger partial charge is 0.140 e. The van der Waals surface area contributed by atoms with E-state index in [0.29, 0.717) is 15.9 Å². The number of imidazole rings is 1. The molecule has 0 spiro atoms. The maximum atomic E-state index is 6.29. The molecule has 0 radical (unpaired) electrons. The Morgan fingerprint density at radius 3 is 2.74 bits per heavy atom. The van der Waals surface area contributed by atoms with Crippen molar-refractivity contribution in [2.45, 2.75) is 0 Å². The zero-order chi connectivity index (χ0) is 18.8. The van der Waals surface area contributed by atoms with Gasteiger partial charge in [0.25, 0.3) is 0 Å².